The molecule has 2 rings (SSSR count). The van der Waals surface area contributed by atoms with Gasteiger partial charge < -0.3 is 14.6 Å². The van der Waals surface area contributed by atoms with Gasteiger partial charge in [-0.15, -0.1) is 0 Å². The fraction of sp³-hybridized carbons (Fsp3) is 0.200. The minimum absolute atomic E-state index is 0.103. The third-order valence-corrected chi connectivity index (χ3v) is 2.69. The Bertz CT molecular complexity index is 394. The van der Waals surface area contributed by atoms with Gasteiger partial charge in [-0.05, 0) is 34.1 Å². The van der Waals surface area contributed by atoms with E-state index in [4.69, 9.17) is 14.6 Å². The van der Waals surface area contributed by atoms with Crippen LogP contribution in [0, 0.1) is 0 Å². The Labute approximate surface area is 90.0 Å². The third-order valence-electron chi connectivity index (χ3n) is 2.05. The van der Waals surface area contributed by atoms with E-state index in [-0.39, 0.29) is 6.04 Å². The van der Waals surface area contributed by atoms with E-state index in [2.05, 4.69) is 15.9 Å². The van der Waals surface area contributed by atoms with Gasteiger partial charge in [-0.2, -0.15) is 0 Å². The van der Waals surface area contributed by atoms with Crippen LogP contribution in [0.15, 0.2) is 44.2 Å². The highest BCUT2D eigenvalue weighted by Crippen LogP contribution is 2.25. The number of nitrogens with two attached hydrogens (primary N) is 1. The van der Waals surface area contributed by atoms with Gasteiger partial charge in [0.2, 0.25) is 0 Å². The highest BCUT2D eigenvalue weighted by Gasteiger charge is 2.13. The van der Waals surface area contributed by atoms with Gasteiger partial charge in [0.15, 0.2) is 4.67 Å². The molecule has 0 spiro atoms. The second-order valence-corrected chi connectivity index (χ2v) is 3.76. The summed E-state index contributed by atoms with van der Waals surface area (Å²) in [7, 11) is 0. The minimum atomic E-state index is -0.103. The minimum Gasteiger partial charge on any atom is -0.469 e. The van der Waals surface area contributed by atoms with Gasteiger partial charge in [-0.1, -0.05) is 0 Å². The molecule has 1 unspecified atom stereocenters. The van der Waals surface area contributed by atoms with E-state index in [1.165, 1.54) is 0 Å². The molecule has 0 bridgehead atoms. The molecular formula is C10H10BrNO2. The standard InChI is InChI=1S/C10H10BrNO2/c11-10-8(3-5-14-10)9(12)6-7-2-1-4-13-7/h1-5,9H,6,12H2. The average Bonchev–Trinajstić information content (AvgIpc) is 2.75. The third kappa shape index (κ3) is 1.91. The lowest BCUT2D eigenvalue weighted by atomic mass is 10.1. The van der Waals surface area contributed by atoms with Gasteiger partial charge in [-0.25, -0.2) is 0 Å². The molecule has 2 heterocycles. The Balaban J connectivity index is 2.10. The summed E-state index contributed by atoms with van der Waals surface area (Å²) in [5.41, 5.74) is 6.94. The Morgan fingerprint density at radius 3 is 2.71 bits per heavy atom. The van der Waals surface area contributed by atoms with Crippen LogP contribution in [0.4, 0.5) is 0 Å². The SMILES string of the molecule is NC(Cc1ccco1)c1ccoc1Br. The fourth-order valence-corrected chi connectivity index (χ4v) is 1.86. The lowest BCUT2D eigenvalue weighted by Crippen LogP contribution is -2.12. The van der Waals surface area contributed by atoms with Crippen molar-refractivity contribution in [3.05, 3.63) is 46.7 Å². The van der Waals surface area contributed by atoms with Crippen molar-refractivity contribution in [1.82, 2.24) is 0 Å². The summed E-state index contributed by atoms with van der Waals surface area (Å²) in [6.07, 6.45) is 3.93. The Morgan fingerprint density at radius 2 is 2.14 bits per heavy atom. The van der Waals surface area contributed by atoms with Crippen LogP contribution in [0.25, 0.3) is 0 Å². The molecule has 0 saturated carbocycles. The van der Waals surface area contributed by atoms with Crippen molar-refractivity contribution in [3.63, 3.8) is 0 Å². The maximum atomic E-state index is 5.98. The molecule has 3 nitrogen and oxygen atoms in total. The van der Waals surface area contributed by atoms with Crippen molar-refractivity contribution >= 4 is 15.9 Å². The maximum Gasteiger partial charge on any atom is 0.173 e. The van der Waals surface area contributed by atoms with Crippen LogP contribution in [-0.4, -0.2) is 0 Å². The number of furan rings is 2. The van der Waals surface area contributed by atoms with Gasteiger partial charge in [0.25, 0.3) is 0 Å². The highest BCUT2D eigenvalue weighted by molar-refractivity contribution is 9.10. The second kappa shape index (κ2) is 4.02. The first kappa shape index (κ1) is 9.55. The van der Waals surface area contributed by atoms with E-state index in [1.807, 2.05) is 18.2 Å². The van der Waals surface area contributed by atoms with Gasteiger partial charge in [0.1, 0.15) is 5.76 Å². The van der Waals surface area contributed by atoms with E-state index in [9.17, 15) is 0 Å². The molecule has 0 aliphatic carbocycles. The maximum absolute atomic E-state index is 5.98. The average molecular weight is 256 g/mol. The van der Waals surface area contributed by atoms with Gasteiger partial charge in [-0.3, -0.25) is 0 Å². The largest absolute Gasteiger partial charge is 0.469 e. The monoisotopic (exact) mass is 255 g/mol. The number of halogens is 1. The first-order chi connectivity index (χ1) is 6.77. The molecule has 4 heteroatoms. The van der Waals surface area contributed by atoms with Crippen molar-refractivity contribution in [3.8, 4) is 0 Å². The quantitative estimate of drug-likeness (QED) is 0.918. The summed E-state index contributed by atoms with van der Waals surface area (Å²) < 4.78 is 11.0. The summed E-state index contributed by atoms with van der Waals surface area (Å²) in [4.78, 5) is 0. The summed E-state index contributed by atoms with van der Waals surface area (Å²) in [6, 6.07) is 5.52. The van der Waals surface area contributed by atoms with Gasteiger partial charge in [0.05, 0.1) is 12.5 Å². The van der Waals surface area contributed by atoms with Crippen LogP contribution < -0.4 is 5.73 Å². The molecule has 0 aromatic carbocycles. The molecule has 0 saturated heterocycles. The smallest absolute Gasteiger partial charge is 0.173 e. The van der Waals surface area contributed by atoms with Crippen LogP contribution in [0.3, 0.4) is 0 Å². The normalized spacial score (nSPS) is 13.0. The molecule has 0 radical (unpaired) electrons. The predicted molar refractivity (Wildman–Crippen MR) is 55.7 cm³/mol. The predicted octanol–water partition coefficient (Wildman–Crippen LogP) is 2.88. The molecule has 0 aliphatic rings. The summed E-state index contributed by atoms with van der Waals surface area (Å²) >= 11 is 3.29. The Kier molecular flexibility index (Phi) is 2.74. The second-order valence-electron chi connectivity index (χ2n) is 3.04. The molecule has 1 atom stereocenters. The van der Waals surface area contributed by atoms with Crippen molar-refractivity contribution in [2.75, 3.05) is 0 Å². The topological polar surface area (TPSA) is 52.3 Å². The van der Waals surface area contributed by atoms with Gasteiger partial charge in [0, 0.05) is 18.0 Å². The van der Waals surface area contributed by atoms with Crippen molar-refractivity contribution in [2.24, 2.45) is 5.73 Å². The molecule has 14 heavy (non-hydrogen) atoms. The van der Waals surface area contributed by atoms with E-state index in [1.54, 1.807) is 12.5 Å². The fourth-order valence-electron chi connectivity index (χ4n) is 1.33. The summed E-state index contributed by atoms with van der Waals surface area (Å²) in [5, 5.41) is 0. The zero-order valence-electron chi connectivity index (χ0n) is 7.44. The zero-order chi connectivity index (χ0) is 9.97. The van der Waals surface area contributed by atoms with E-state index < -0.39 is 0 Å². The van der Waals surface area contributed by atoms with Crippen LogP contribution in [0.2, 0.25) is 0 Å². The molecular weight excluding hydrogens is 246 g/mol. The summed E-state index contributed by atoms with van der Waals surface area (Å²) in [6.45, 7) is 0. The van der Waals surface area contributed by atoms with Gasteiger partial charge >= 0.3 is 0 Å². The van der Waals surface area contributed by atoms with Crippen LogP contribution in [0.5, 0.6) is 0 Å². The van der Waals surface area contributed by atoms with Crippen molar-refractivity contribution in [2.45, 2.75) is 12.5 Å². The van der Waals surface area contributed by atoms with Crippen LogP contribution in [-0.2, 0) is 6.42 Å². The number of hydrogen-bond donors (Lipinski definition) is 1. The molecule has 0 amide bonds. The number of hydrogen-bond acceptors (Lipinski definition) is 3. The molecule has 0 aliphatic heterocycles. The zero-order valence-corrected chi connectivity index (χ0v) is 9.03. The van der Waals surface area contributed by atoms with Crippen LogP contribution in [0.1, 0.15) is 17.4 Å². The molecule has 2 N–H and O–H groups in total. The molecule has 74 valence electrons. The van der Waals surface area contributed by atoms with Crippen molar-refractivity contribution in [1.29, 1.82) is 0 Å². The van der Waals surface area contributed by atoms with Crippen LogP contribution >= 0.6 is 15.9 Å². The lowest BCUT2D eigenvalue weighted by molar-refractivity contribution is 0.483. The first-order valence-corrected chi connectivity index (χ1v) is 5.07. The van der Waals surface area contributed by atoms with Crippen molar-refractivity contribution < 1.29 is 8.83 Å². The highest BCUT2D eigenvalue weighted by atomic mass is 79.9. The first-order valence-electron chi connectivity index (χ1n) is 4.28. The Hall–Kier alpha value is -1.00. The van der Waals surface area contributed by atoms with E-state index in [0.717, 1.165) is 11.3 Å². The molecule has 2 aromatic heterocycles. The Morgan fingerprint density at radius 1 is 1.29 bits per heavy atom. The number of rotatable bonds is 3. The summed E-state index contributed by atoms with van der Waals surface area (Å²) in [5.74, 6) is 0.880. The van der Waals surface area contributed by atoms with E-state index in [0.29, 0.717) is 11.1 Å². The van der Waals surface area contributed by atoms with E-state index >= 15 is 0 Å². The lowest BCUT2D eigenvalue weighted by Gasteiger charge is -2.07. The molecule has 0 fully saturated rings. The molecule has 2 aromatic rings.